The van der Waals surface area contributed by atoms with Crippen LogP contribution in [0.4, 0.5) is 0 Å². The Kier molecular flexibility index (Phi) is 5.54. The third-order valence-electron chi connectivity index (χ3n) is 7.62. The molecule has 1 atom stereocenters. The Balaban J connectivity index is 1.52. The summed E-state index contributed by atoms with van der Waals surface area (Å²) in [7, 11) is 3.42. The number of benzene rings is 4. The Hall–Kier alpha value is -3.24. The van der Waals surface area contributed by atoms with E-state index in [-0.39, 0.29) is 0 Å². The number of piperidine rings is 1. The standard InChI is InChI=1S/C30H31NO3/c1-32-29-16-26-24-14-21-10-6-7-13-31(21)18-28(24)23-12-11-22(34-19-20-8-4-3-5-9-20)15-25(23)27(26)17-30(29)33-2/h3-5,8-9,11-12,15-17,21H,6-7,10,13-14,18-19H2,1-2H3. The highest BCUT2D eigenvalue weighted by atomic mass is 16.5. The Morgan fingerprint density at radius 2 is 1.56 bits per heavy atom. The van der Waals surface area contributed by atoms with E-state index in [9.17, 15) is 0 Å². The number of methoxy groups -OCH3 is 2. The van der Waals surface area contributed by atoms with Crippen LogP contribution in [-0.2, 0) is 19.6 Å². The molecule has 1 fully saturated rings. The Bertz CT molecular complexity index is 1350. The molecule has 6 rings (SSSR count). The first kappa shape index (κ1) is 21.3. The Morgan fingerprint density at radius 3 is 2.35 bits per heavy atom. The van der Waals surface area contributed by atoms with Crippen molar-refractivity contribution in [3.05, 3.63) is 77.4 Å². The second kappa shape index (κ2) is 8.84. The topological polar surface area (TPSA) is 30.9 Å². The highest BCUT2D eigenvalue weighted by Gasteiger charge is 2.31. The summed E-state index contributed by atoms with van der Waals surface area (Å²) in [6, 6.07) is 21.9. The van der Waals surface area contributed by atoms with E-state index in [1.807, 2.05) is 18.2 Å². The summed E-state index contributed by atoms with van der Waals surface area (Å²) in [5.74, 6) is 2.44. The monoisotopic (exact) mass is 453 g/mol. The molecule has 2 aliphatic heterocycles. The fourth-order valence-electron chi connectivity index (χ4n) is 5.87. The summed E-state index contributed by atoms with van der Waals surface area (Å²) >= 11 is 0. The van der Waals surface area contributed by atoms with Gasteiger partial charge in [-0.3, -0.25) is 4.90 Å². The number of nitrogens with zero attached hydrogens (tertiary/aromatic N) is 1. The van der Waals surface area contributed by atoms with Crippen molar-refractivity contribution >= 4 is 21.5 Å². The molecular formula is C30H31NO3. The lowest BCUT2D eigenvalue weighted by Gasteiger charge is -2.41. The fourth-order valence-corrected chi connectivity index (χ4v) is 5.87. The van der Waals surface area contributed by atoms with Crippen LogP contribution in [0.3, 0.4) is 0 Å². The molecule has 0 spiro atoms. The van der Waals surface area contributed by atoms with Gasteiger partial charge < -0.3 is 14.2 Å². The minimum atomic E-state index is 0.557. The zero-order valence-electron chi connectivity index (χ0n) is 20.0. The molecule has 0 saturated carbocycles. The smallest absolute Gasteiger partial charge is 0.161 e. The van der Waals surface area contributed by atoms with Crippen LogP contribution in [0.25, 0.3) is 21.5 Å². The zero-order valence-corrected chi connectivity index (χ0v) is 20.0. The third kappa shape index (κ3) is 3.67. The van der Waals surface area contributed by atoms with Gasteiger partial charge in [0.2, 0.25) is 0 Å². The molecule has 2 heterocycles. The van der Waals surface area contributed by atoms with Crippen LogP contribution in [0.5, 0.6) is 17.2 Å². The molecule has 174 valence electrons. The average Bonchev–Trinajstić information content (AvgIpc) is 2.90. The molecule has 4 aromatic carbocycles. The summed E-state index contributed by atoms with van der Waals surface area (Å²) in [6.07, 6.45) is 5.03. The van der Waals surface area contributed by atoms with Crippen LogP contribution in [0, 0.1) is 0 Å². The van der Waals surface area contributed by atoms with Gasteiger partial charge in [-0.15, -0.1) is 0 Å². The number of hydrogen-bond donors (Lipinski definition) is 0. The second-order valence-electron chi connectivity index (χ2n) is 9.52. The number of hydrogen-bond acceptors (Lipinski definition) is 4. The van der Waals surface area contributed by atoms with E-state index in [1.165, 1.54) is 64.0 Å². The van der Waals surface area contributed by atoms with Crippen molar-refractivity contribution in [2.45, 2.75) is 44.9 Å². The minimum Gasteiger partial charge on any atom is -0.493 e. The number of fused-ring (bicyclic) bond motifs is 7. The van der Waals surface area contributed by atoms with E-state index in [4.69, 9.17) is 14.2 Å². The van der Waals surface area contributed by atoms with Gasteiger partial charge in [0.15, 0.2) is 11.5 Å². The number of rotatable bonds is 5. The fraction of sp³-hybridized carbons (Fsp3) is 0.333. The molecule has 0 amide bonds. The van der Waals surface area contributed by atoms with Gasteiger partial charge in [-0.05, 0) is 88.3 Å². The van der Waals surface area contributed by atoms with E-state index >= 15 is 0 Å². The van der Waals surface area contributed by atoms with Gasteiger partial charge in [0.25, 0.3) is 0 Å². The molecule has 0 N–H and O–H groups in total. The molecule has 34 heavy (non-hydrogen) atoms. The molecule has 0 aliphatic carbocycles. The second-order valence-corrected chi connectivity index (χ2v) is 9.52. The van der Waals surface area contributed by atoms with E-state index in [0.29, 0.717) is 12.6 Å². The van der Waals surface area contributed by atoms with Gasteiger partial charge in [-0.1, -0.05) is 42.8 Å². The number of ether oxygens (including phenoxy) is 3. The molecule has 4 heteroatoms. The van der Waals surface area contributed by atoms with Crippen LogP contribution in [0.15, 0.2) is 60.7 Å². The van der Waals surface area contributed by atoms with Gasteiger partial charge in [-0.2, -0.15) is 0 Å². The van der Waals surface area contributed by atoms with Gasteiger partial charge in [0.05, 0.1) is 14.2 Å². The summed E-state index contributed by atoms with van der Waals surface area (Å²) in [5.41, 5.74) is 4.10. The summed E-state index contributed by atoms with van der Waals surface area (Å²) in [4.78, 5) is 2.69. The molecule has 0 radical (unpaired) electrons. The van der Waals surface area contributed by atoms with Crippen molar-refractivity contribution in [3.63, 3.8) is 0 Å². The van der Waals surface area contributed by atoms with E-state index in [1.54, 1.807) is 14.2 Å². The lowest BCUT2D eigenvalue weighted by molar-refractivity contribution is 0.128. The van der Waals surface area contributed by atoms with Gasteiger partial charge in [0.1, 0.15) is 12.4 Å². The van der Waals surface area contributed by atoms with Crippen LogP contribution in [-0.4, -0.2) is 31.7 Å². The first-order chi connectivity index (χ1) is 16.7. The summed E-state index contributed by atoms with van der Waals surface area (Å²) in [6.45, 7) is 2.78. The van der Waals surface area contributed by atoms with E-state index in [0.717, 1.165) is 30.2 Å². The van der Waals surface area contributed by atoms with Gasteiger partial charge in [-0.25, -0.2) is 0 Å². The van der Waals surface area contributed by atoms with E-state index in [2.05, 4.69) is 47.4 Å². The van der Waals surface area contributed by atoms with E-state index < -0.39 is 0 Å². The van der Waals surface area contributed by atoms with Gasteiger partial charge in [0, 0.05) is 12.6 Å². The Morgan fingerprint density at radius 1 is 0.794 bits per heavy atom. The van der Waals surface area contributed by atoms with Crippen molar-refractivity contribution in [1.29, 1.82) is 0 Å². The van der Waals surface area contributed by atoms with Crippen molar-refractivity contribution in [2.75, 3.05) is 20.8 Å². The maximum absolute atomic E-state index is 6.21. The lowest BCUT2D eigenvalue weighted by Crippen LogP contribution is -2.43. The zero-order chi connectivity index (χ0) is 23.1. The SMILES string of the molecule is COc1cc2c3c(c4ccc(OCc5ccccc5)cc4c2cc1OC)CN1CCCCC1C3. The molecule has 0 aromatic heterocycles. The maximum Gasteiger partial charge on any atom is 0.161 e. The van der Waals surface area contributed by atoms with Crippen LogP contribution < -0.4 is 14.2 Å². The lowest BCUT2D eigenvalue weighted by atomic mass is 9.82. The average molecular weight is 454 g/mol. The molecule has 4 nitrogen and oxygen atoms in total. The molecule has 1 unspecified atom stereocenters. The van der Waals surface area contributed by atoms with Crippen molar-refractivity contribution < 1.29 is 14.2 Å². The quantitative estimate of drug-likeness (QED) is 0.323. The molecule has 0 bridgehead atoms. The predicted octanol–water partition coefficient (Wildman–Crippen LogP) is 6.50. The van der Waals surface area contributed by atoms with Crippen molar-refractivity contribution in [3.8, 4) is 17.2 Å². The first-order valence-corrected chi connectivity index (χ1v) is 12.3. The highest BCUT2D eigenvalue weighted by Crippen LogP contribution is 2.44. The molecule has 2 aliphatic rings. The van der Waals surface area contributed by atoms with Gasteiger partial charge >= 0.3 is 0 Å². The molecule has 1 saturated heterocycles. The normalized spacial score (nSPS) is 17.9. The van der Waals surface area contributed by atoms with Crippen molar-refractivity contribution in [1.82, 2.24) is 4.90 Å². The summed E-state index contributed by atoms with van der Waals surface area (Å²) in [5, 5.41) is 5.04. The van der Waals surface area contributed by atoms with Crippen LogP contribution in [0.1, 0.15) is 36.0 Å². The first-order valence-electron chi connectivity index (χ1n) is 12.3. The molecular weight excluding hydrogens is 422 g/mol. The highest BCUT2D eigenvalue weighted by molar-refractivity contribution is 6.12. The van der Waals surface area contributed by atoms with Crippen LogP contribution in [0.2, 0.25) is 0 Å². The Labute approximate surface area is 201 Å². The van der Waals surface area contributed by atoms with Crippen molar-refractivity contribution in [2.24, 2.45) is 0 Å². The third-order valence-corrected chi connectivity index (χ3v) is 7.62. The predicted molar refractivity (Wildman–Crippen MR) is 137 cm³/mol. The molecule has 4 aromatic rings. The largest absolute Gasteiger partial charge is 0.493 e. The van der Waals surface area contributed by atoms with Crippen LogP contribution >= 0.6 is 0 Å². The summed E-state index contributed by atoms with van der Waals surface area (Å²) < 4.78 is 17.6. The maximum atomic E-state index is 6.21. The minimum absolute atomic E-state index is 0.557.